The van der Waals surface area contributed by atoms with E-state index < -0.39 is 11.9 Å². The number of ether oxygens (including phenoxy) is 1. The maximum atomic E-state index is 12.3. The Labute approximate surface area is 168 Å². The fourth-order valence-electron chi connectivity index (χ4n) is 2.81. The first-order valence-electron chi connectivity index (χ1n) is 8.99. The minimum Gasteiger partial charge on any atom is -0.495 e. The number of amides is 3. The first-order valence-corrected chi connectivity index (χ1v) is 8.99. The van der Waals surface area contributed by atoms with Gasteiger partial charge in [-0.25, -0.2) is 4.79 Å². The highest BCUT2D eigenvalue weighted by Crippen LogP contribution is 2.24. The number of primary amides is 1. The van der Waals surface area contributed by atoms with Crippen molar-refractivity contribution in [2.45, 2.75) is 6.54 Å². The summed E-state index contributed by atoms with van der Waals surface area (Å²) >= 11 is 0. The van der Waals surface area contributed by atoms with Crippen molar-refractivity contribution in [1.29, 1.82) is 0 Å². The Bertz CT molecular complexity index is 1010. The van der Waals surface area contributed by atoms with Crippen LogP contribution in [0.3, 0.4) is 0 Å². The van der Waals surface area contributed by atoms with Gasteiger partial charge in [-0.05, 0) is 35.9 Å². The maximum absolute atomic E-state index is 12.3. The van der Waals surface area contributed by atoms with Gasteiger partial charge in [-0.1, -0.05) is 42.5 Å². The van der Waals surface area contributed by atoms with E-state index in [1.165, 1.54) is 13.2 Å². The zero-order chi connectivity index (χ0) is 20.6. The molecule has 0 spiro atoms. The summed E-state index contributed by atoms with van der Waals surface area (Å²) in [5.74, 6) is -0.0460. The number of hydrogen-bond donors (Lipinski definition) is 4. The molecule has 0 aromatic heterocycles. The number of nitrogens with two attached hydrogens (primary N) is 1. The van der Waals surface area contributed by atoms with Crippen LogP contribution in [0.2, 0.25) is 0 Å². The molecule has 0 unspecified atom stereocenters. The number of carbonyl (C=O) groups excluding carboxylic acids is 2. The Balaban J connectivity index is 1.70. The standard InChI is InChI=1S/C22H22N4O3/c1-29-20-10-6-5-9-19(20)26-22(28)25-16-11-12-18(17(13-16)21(23)27)24-14-15-7-3-2-4-8-15/h2-13,24H,14H2,1H3,(H2,23,27)(H2,25,26,28). The number of anilines is 3. The van der Waals surface area contributed by atoms with Crippen molar-refractivity contribution in [3.8, 4) is 5.75 Å². The molecule has 0 atom stereocenters. The predicted molar refractivity (Wildman–Crippen MR) is 114 cm³/mol. The van der Waals surface area contributed by atoms with Gasteiger partial charge >= 0.3 is 6.03 Å². The first-order chi connectivity index (χ1) is 14.1. The van der Waals surface area contributed by atoms with Gasteiger partial charge in [-0.2, -0.15) is 0 Å². The van der Waals surface area contributed by atoms with Crippen LogP contribution in [0.1, 0.15) is 15.9 Å². The van der Waals surface area contributed by atoms with Crippen molar-refractivity contribution >= 4 is 29.0 Å². The molecule has 0 bridgehead atoms. The van der Waals surface area contributed by atoms with E-state index in [4.69, 9.17) is 10.5 Å². The van der Waals surface area contributed by atoms with Crippen LogP contribution >= 0.6 is 0 Å². The van der Waals surface area contributed by atoms with Crippen LogP contribution in [0.15, 0.2) is 72.8 Å². The summed E-state index contributed by atoms with van der Waals surface area (Å²) in [7, 11) is 1.53. The lowest BCUT2D eigenvalue weighted by atomic mass is 10.1. The molecule has 3 amide bonds. The van der Waals surface area contributed by atoms with Crippen LogP contribution < -0.4 is 26.4 Å². The molecule has 0 fully saturated rings. The number of nitrogens with one attached hydrogen (secondary N) is 3. The van der Waals surface area contributed by atoms with Crippen LogP contribution in [-0.2, 0) is 6.54 Å². The fraction of sp³-hybridized carbons (Fsp3) is 0.0909. The van der Waals surface area contributed by atoms with Crippen molar-refractivity contribution in [3.63, 3.8) is 0 Å². The third-order valence-corrected chi connectivity index (χ3v) is 4.22. The van der Waals surface area contributed by atoms with Gasteiger partial charge in [0.1, 0.15) is 5.75 Å². The lowest BCUT2D eigenvalue weighted by Gasteiger charge is -2.14. The van der Waals surface area contributed by atoms with Crippen LogP contribution in [0.5, 0.6) is 5.75 Å². The van der Waals surface area contributed by atoms with E-state index in [9.17, 15) is 9.59 Å². The number of para-hydroxylation sites is 2. The predicted octanol–water partition coefficient (Wildman–Crippen LogP) is 4.05. The number of urea groups is 1. The topological polar surface area (TPSA) is 105 Å². The van der Waals surface area contributed by atoms with Crippen molar-refractivity contribution in [2.75, 3.05) is 23.1 Å². The minimum absolute atomic E-state index is 0.288. The number of carbonyl (C=O) groups is 2. The van der Waals surface area contributed by atoms with Crippen LogP contribution in [0.4, 0.5) is 21.9 Å². The Morgan fingerprint density at radius 2 is 1.62 bits per heavy atom. The summed E-state index contributed by atoms with van der Waals surface area (Å²) in [5, 5.41) is 8.61. The summed E-state index contributed by atoms with van der Waals surface area (Å²) in [5.41, 5.74) is 8.45. The van der Waals surface area contributed by atoms with E-state index in [0.717, 1.165) is 5.56 Å². The second-order valence-electron chi connectivity index (χ2n) is 6.24. The molecule has 3 rings (SSSR count). The smallest absolute Gasteiger partial charge is 0.323 e. The highest BCUT2D eigenvalue weighted by molar-refractivity contribution is 6.03. The number of methoxy groups -OCH3 is 1. The summed E-state index contributed by atoms with van der Waals surface area (Å²) in [6, 6.07) is 21.3. The van der Waals surface area contributed by atoms with Gasteiger partial charge in [0.25, 0.3) is 5.91 Å². The second kappa shape index (κ2) is 9.27. The third kappa shape index (κ3) is 5.26. The third-order valence-electron chi connectivity index (χ3n) is 4.22. The monoisotopic (exact) mass is 390 g/mol. The average Bonchev–Trinajstić information content (AvgIpc) is 2.73. The lowest BCUT2D eigenvalue weighted by molar-refractivity contribution is 0.100. The van der Waals surface area contributed by atoms with E-state index in [1.54, 1.807) is 30.3 Å². The van der Waals surface area contributed by atoms with E-state index in [0.29, 0.717) is 29.4 Å². The quantitative estimate of drug-likeness (QED) is 0.488. The Morgan fingerprint density at radius 3 is 2.34 bits per heavy atom. The summed E-state index contributed by atoms with van der Waals surface area (Å²) in [6.07, 6.45) is 0. The van der Waals surface area contributed by atoms with Gasteiger partial charge in [0.05, 0.1) is 18.4 Å². The average molecular weight is 390 g/mol. The van der Waals surface area contributed by atoms with Crippen molar-refractivity contribution < 1.29 is 14.3 Å². The summed E-state index contributed by atoms with van der Waals surface area (Å²) in [6.45, 7) is 0.544. The van der Waals surface area contributed by atoms with Gasteiger partial charge in [0, 0.05) is 17.9 Å². The van der Waals surface area contributed by atoms with Crippen LogP contribution in [-0.4, -0.2) is 19.0 Å². The van der Waals surface area contributed by atoms with Gasteiger partial charge in [-0.3, -0.25) is 4.79 Å². The van der Waals surface area contributed by atoms with Crippen molar-refractivity contribution in [1.82, 2.24) is 0 Å². The Morgan fingerprint density at radius 1 is 0.897 bits per heavy atom. The molecule has 7 heteroatoms. The maximum Gasteiger partial charge on any atom is 0.323 e. The van der Waals surface area contributed by atoms with E-state index in [1.807, 2.05) is 36.4 Å². The van der Waals surface area contributed by atoms with Crippen LogP contribution in [0, 0.1) is 0 Å². The Hall–Kier alpha value is -4.00. The Kier molecular flexibility index (Phi) is 6.32. The van der Waals surface area contributed by atoms with E-state index >= 15 is 0 Å². The molecule has 0 radical (unpaired) electrons. The molecule has 5 N–H and O–H groups in total. The second-order valence-corrected chi connectivity index (χ2v) is 6.24. The van der Waals surface area contributed by atoms with Gasteiger partial charge in [0.2, 0.25) is 0 Å². The molecule has 29 heavy (non-hydrogen) atoms. The van der Waals surface area contributed by atoms with E-state index in [2.05, 4.69) is 16.0 Å². The molecule has 0 aliphatic rings. The van der Waals surface area contributed by atoms with E-state index in [-0.39, 0.29) is 5.56 Å². The molecule has 3 aromatic rings. The molecular formula is C22H22N4O3. The minimum atomic E-state index is -0.589. The van der Waals surface area contributed by atoms with Crippen LogP contribution in [0.25, 0.3) is 0 Å². The lowest BCUT2D eigenvalue weighted by Crippen LogP contribution is -2.21. The largest absolute Gasteiger partial charge is 0.495 e. The number of rotatable bonds is 7. The normalized spacial score (nSPS) is 10.1. The van der Waals surface area contributed by atoms with Crippen molar-refractivity contribution in [2.24, 2.45) is 5.73 Å². The van der Waals surface area contributed by atoms with Gasteiger partial charge < -0.3 is 26.4 Å². The zero-order valence-electron chi connectivity index (χ0n) is 15.9. The van der Waals surface area contributed by atoms with Gasteiger partial charge in [0.15, 0.2) is 0 Å². The summed E-state index contributed by atoms with van der Waals surface area (Å²) < 4.78 is 5.21. The molecule has 0 aliphatic carbocycles. The first kappa shape index (κ1) is 19.8. The molecule has 7 nitrogen and oxygen atoms in total. The molecule has 0 saturated heterocycles. The fourth-order valence-corrected chi connectivity index (χ4v) is 2.81. The highest BCUT2D eigenvalue weighted by atomic mass is 16.5. The SMILES string of the molecule is COc1ccccc1NC(=O)Nc1ccc(NCc2ccccc2)c(C(N)=O)c1. The molecule has 0 aliphatic heterocycles. The number of hydrogen-bond acceptors (Lipinski definition) is 4. The number of benzene rings is 3. The summed E-state index contributed by atoms with van der Waals surface area (Å²) in [4.78, 5) is 24.2. The van der Waals surface area contributed by atoms with Crippen molar-refractivity contribution in [3.05, 3.63) is 83.9 Å². The zero-order valence-corrected chi connectivity index (χ0v) is 15.9. The molecule has 0 saturated carbocycles. The highest BCUT2D eigenvalue weighted by Gasteiger charge is 2.12. The molecule has 148 valence electrons. The van der Waals surface area contributed by atoms with Gasteiger partial charge in [-0.15, -0.1) is 0 Å². The molecule has 0 heterocycles. The molecular weight excluding hydrogens is 368 g/mol. The molecule has 3 aromatic carbocycles.